The SMILES string of the molecule is CC(C)c1c2c(nc3c1ccc1ccccc13)C(=O)c1ccccc1C2=O. The Bertz CT molecular complexity index is 1280. The van der Waals surface area contributed by atoms with Crippen LogP contribution in [-0.4, -0.2) is 16.6 Å². The van der Waals surface area contributed by atoms with Crippen molar-refractivity contribution < 1.29 is 9.59 Å². The molecule has 0 spiro atoms. The lowest BCUT2D eigenvalue weighted by Gasteiger charge is -2.23. The summed E-state index contributed by atoms with van der Waals surface area (Å²) in [5, 5.41) is 3.02. The molecular formula is C24H17NO2. The molecule has 1 aliphatic rings. The Labute approximate surface area is 156 Å². The number of carbonyl (C=O) groups excluding carboxylic acids is 2. The van der Waals surface area contributed by atoms with Gasteiger partial charge in [0.2, 0.25) is 5.78 Å². The standard InChI is InChI=1S/C24H17NO2/c1-13(2)19-18-12-11-14-7-3-4-8-15(14)21(18)25-22-20(19)23(26)16-9-5-6-10-17(16)24(22)27/h3-13H,1-2H3. The van der Waals surface area contributed by atoms with Crippen molar-refractivity contribution in [3.8, 4) is 0 Å². The number of benzene rings is 3. The van der Waals surface area contributed by atoms with Gasteiger partial charge in [-0.15, -0.1) is 0 Å². The lowest BCUT2D eigenvalue weighted by Crippen LogP contribution is -2.24. The third-order valence-corrected chi connectivity index (χ3v) is 5.36. The van der Waals surface area contributed by atoms with Crippen LogP contribution in [0, 0.1) is 0 Å². The van der Waals surface area contributed by atoms with Crippen LogP contribution in [0.2, 0.25) is 0 Å². The summed E-state index contributed by atoms with van der Waals surface area (Å²) in [7, 11) is 0. The van der Waals surface area contributed by atoms with E-state index in [2.05, 4.69) is 19.9 Å². The molecule has 0 atom stereocenters. The van der Waals surface area contributed by atoms with Gasteiger partial charge in [0.05, 0.1) is 11.1 Å². The predicted octanol–water partition coefficient (Wildman–Crippen LogP) is 5.29. The molecular weight excluding hydrogens is 334 g/mol. The van der Waals surface area contributed by atoms with E-state index in [0.29, 0.717) is 16.7 Å². The Hall–Kier alpha value is -3.33. The molecule has 3 heteroatoms. The van der Waals surface area contributed by atoms with E-state index in [1.807, 2.05) is 30.3 Å². The first-order chi connectivity index (χ1) is 13.1. The van der Waals surface area contributed by atoms with Gasteiger partial charge in [0.25, 0.3) is 0 Å². The summed E-state index contributed by atoms with van der Waals surface area (Å²) in [6.07, 6.45) is 0. The van der Waals surface area contributed by atoms with Crippen molar-refractivity contribution in [1.82, 2.24) is 4.98 Å². The van der Waals surface area contributed by atoms with Crippen molar-refractivity contribution >= 4 is 33.2 Å². The van der Waals surface area contributed by atoms with E-state index < -0.39 is 0 Å². The van der Waals surface area contributed by atoms with E-state index >= 15 is 0 Å². The van der Waals surface area contributed by atoms with Gasteiger partial charge in [0, 0.05) is 21.9 Å². The molecule has 0 radical (unpaired) electrons. The first-order valence-electron chi connectivity index (χ1n) is 9.11. The lowest BCUT2D eigenvalue weighted by atomic mass is 9.80. The third-order valence-electron chi connectivity index (χ3n) is 5.36. The molecule has 0 unspecified atom stereocenters. The van der Waals surface area contributed by atoms with E-state index in [1.165, 1.54) is 0 Å². The minimum atomic E-state index is -0.170. The average molecular weight is 351 g/mol. The third kappa shape index (κ3) is 2.12. The highest BCUT2D eigenvalue weighted by Gasteiger charge is 2.34. The number of rotatable bonds is 1. The van der Waals surface area contributed by atoms with Gasteiger partial charge in [-0.1, -0.05) is 74.5 Å². The molecule has 1 aliphatic carbocycles. The van der Waals surface area contributed by atoms with Crippen LogP contribution in [0.1, 0.15) is 57.3 Å². The summed E-state index contributed by atoms with van der Waals surface area (Å²) >= 11 is 0. The monoisotopic (exact) mass is 351 g/mol. The van der Waals surface area contributed by atoms with Gasteiger partial charge in [0.1, 0.15) is 5.69 Å². The summed E-state index contributed by atoms with van der Waals surface area (Å²) in [6, 6.07) is 19.1. The van der Waals surface area contributed by atoms with Crippen LogP contribution in [0.4, 0.5) is 0 Å². The number of hydrogen-bond acceptors (Lipinski definition) is 3. The maximum Gasteiger partial charge on any atom is 0.212 e. The Kier molecular flexibility index (Phi) is 3.28. The summed E-state index contributed by atoms with van der Waals surface area (Å²) < 4.78 is 0. The molecule has 0 amide bonds. The van der Waals surface area contributed by atoms with E-state index in [9.17, 15) is 9.59 Å². The second-order valence-electron chi connectivity index (χ2n) is 7.29. The molecule has 1 heterocycles. The van der Waals surface area contributed by atoms with Crippen LogP contribution in [0.15, 0.2) is 60.7 Å². The molecule has 5 rings (SSSR count). The number of fused-ring (bicyclic) bond motifs is 5. The van der Waals surface area contributed by atoms with Gasteiger partial charge in [0.15, 0.2) is 5.78 Å². The molecule has 1 aromatic heterocycles. The first kappa shape index (κ1) is 15.9. The molecule has 0 saturated heterocycles. The fourth-order valence-corrected chi connectivity index (χ4v) is 4.16. The first-order valence-corrected chi connectivity index (χ1v) is 9.11. The van der Waals surface area contributed by atoms with Gasteiger partial charge in [-0.25, -0.2) is 4.98 Å². The van der Waals surface area contributed by atoms with Gasteiger partial charge in [-0.3, -0.25) is 9.59 Å². The molecule has 3 nitrogen and oxygen atoms in total. The Balaban J connectivity index is 1.98. The second-order valence-corrected chi connectivity index (χ2v) is 7.29. The van der Waals surface area contributed by atoms with Crippen LogP contribution in [0.25, 0.3) is 21.7 Å². The zero-order valence-corrected chi connectivity index (χ0v) is 15.1. The van der Waals surface area contributed by atoms with Crippen LogP contribution >= 0.6 is 0 Å². The summed E-state index contributed by atoms with van der Waals surface area (Å²) in [6.45, 7) is 4.12. The van der Waals surface area contributed by atoms with E-state index in [-0.39, 0.29) is 23.2 Å². The predicted molar refractivity (Wildman–Crippen MR) is 107 cm³/mol. The van der Waals surface area contributed by atoms with Gasteiger partial charge in [-0.05, 0) is 16.9 Å². The van der Waals surface area contributed by atoms with Crippen LogP contribution in [-0.2, 0) is 0 Å². The molecule has 0 N–H and O–H groups in total. The topological polar surface area (TPSA) is 47.0 Å². The van der Waals surface area contributed by atoms with E-state index in [1.54, 1.807) is 24.3 Å². The Morgan fingerprint density at radius 1 is 0.741 bits per heavy atom. The highest BCUT2D eigenvalue weighted by molar-refractivity contribution is 6.29. The zero-order valence-electron chi connectivity index (χ0n) is 15.1. The lowest BCUT2D eigenvalue weighted by molar-refractivity contribution is 0.0975. The van der Waals surface area contributed by atoms with Crippen molar-refractivity contribution in [1.29, 1.82) is 0 Å². The molecule has 0 saturated carbocycles. The second kappa shape index (κ2) is 5.58. The molecule has 3 aromatic carbocycles. The molecule has 130 valence electrons. The maximum absolute atomic E-state index is 13.3. The molecule has 27 heavy (non-hydrogen) atoms. The fraction of sp³-hybridized carbons (Fsp3) is 0.125. The van der Waals surface area contributed by atoms with Crippen LogP contribution in [0.5, 0.6) is 0 Å². The highest BCUT2D eigenvalue weighted by Crippen LogP contribution is 2.38. The minimum Gasteiger partial charge on any atom is -0.288 e. The summed E-state index contributed by atoms with van der Waals surface area (Å²) in [5.74, 6) is -0.184. The highest BCUT2D eigenvalue weighted by atomic mass is 16.1. The van der Waals surface area contributed by atoms with Crippen molar-refractivity contribution in [2.24, 2.45) is 0 Å². The maximum atomic E-state index is 13.3. The number of carbonyl (C=O) groups is 2. The minimum absolute atomic E-state index is 0.0902. The summed E-state index contributed by atoms with van der Waals surface area (Å²) in [4.78, 5) is 31.2. The Morgan fingerprint density at radius 3 is 2.15 bits per heavy atom. The van der Waals surface area contributed by atoms with E-state index in [4.69, 9.17) is 4.98 Å². The largest absolute Gasteiger partial charge is 0.288 e. The number of pyridine rings is 1. The van der Waals surface area contributed by atoms with Crippen LogP contribution in [0.3, 0.4) is 0 Å². The summed E-state index contributed by atoms with van der Waals surface area (Å²) in [5.41, 5.74) is 3.36. The molecule has 0 aliphatic heterocycles. The molecule has 0 fully saturated rings. The van der Waals surface area contributed by atoms with Gasteiger partial charge >= 0.3 is 0 Å². The van der Waals surface area contributed by atoms with Gasteiger partial charge < -0.3 is 0 Å². The number of aromatic nitrogens is 1. The van der Waals surface area contributed by atoms with Crippen molar-refractivity contribution in [2.45, 2.75) is 19.8 Å². The molecule has 4 aromatic rings. The zero-order chi connectivity index (χ0) is 18.7. The fourth-order valence-electron chi connectivity index (χ4n) is 4.16. The van der Waals surface area contributed by atoms with Crippen molar-refractivity contribution in [3.05, 3.63) is 88.6 Å². The van der Waals surface area contributed by atoms with E-state index in [0.717, 1.165) is 27.2 Å². The van der Waals surface area contributed by atoms with Crippen molar-refractivity contribution in [2.75, 3.05) is 0 Å². The molecule has 0 bridgehead atoms. The Morgan fingerprint density at radius 2 is 1.41 bits per heavy atom. The van der Waals surface area contributed by atoms with Crippen molar-refractivity contribution in [3.63, 3.8) is 0 Å². The number of ketones is 2. The normalized spacial score (nSPS) is 13.3. The average Bonchev–Trinajstić information content (AvgIpc) is 2.70. The van der Waals surface area contributed by atoms with Crippen LogP contribution < -0.4 is 0 Å². The number of nitrogens with zero attached hydrogens (tertiary/aromatic N) is 1. The quantitative estimate of drug-likeness (QED) is 0.386. The smallest absolute Gasteiger partial charge is 0.212 e. The van der Waals surface area contributed by atoms with Gasteiger partial charge in [-0.2, -0.15) is 0 Å². The number of hydrogen-bond donors (Lipinski definition) is 0.